The third kappa shape index (κ3) is 5.11. The van der Waals surface area contributed by atoms with Crippen molar-refractivity contribution in [3.05, 3.63) is 35.4 Å². The van der Waals surface area contributed by atoms with Crippen LogP contribution in [0.25, 0.3) is 0 Å². The third-order valence-electron chi connectivity index (χ3n) is 4.04. The molecule has 0 bridgehead atoms. The van der Waals surface area contributed by atoms with E-state index in [1.165, 1.54) is 0 Å². The molecule has 1 aromatic carbocycles. The number of carbonyl (C=O) groups excluding carboxylic acids is 2. The van der Waals surface area contributed by atoms with E-state index in [2.05, 4.69) is 17.2 Å². The standard InChI is InChI=1S/C18H22N2O3/c1-23-11-3-4-13-7-9-14(10-8-13)18(22)20-16-6-2-5-15(16)12-17(19)21/h7-10,15-16H,2,5-6,11-12H2,1H3,(H2,19,21)(H,20,22)/t15-,16-/m1/s1. The van der Waals surface area contributed by atoms with Gasteiger partial charge in [-0.05, 0) is 43.0 Å². The van der Waals surface area contributed by atoms with E-state index in [-0.39, 0.29) is 23.8 Å². The zero-order valence-electron chi connectivity index (χ0n) is 13.3. The predicted octanol–water partition coefficient (Wildman–Crippen LogP) is 1.46. The van der Waals surface area contributed by atoms with E-state index in [9.17, 15) is 9.59 Å². The molecule has 0 aliphatic heterocycles. The predicted molar refractivity (Wildman–Crippen MR) is 87.6 cm³/mol. The summed E-state index contributed by atoms with van der Waals surface area (Å²) in [5, 5.41) is 3.02. The number of methoxy groups -OCH3 is 1. The molecule has 23 heavy (non-hydrogen) atoms. The van der Waals surface area contributed by atoms with E-state index in [0.717, 1.165) is 24.8 Å². The van der Waals surface area contributed by atoms with Crippen molar-refractivity contribution < 1.29 is 14.3 Å². The van der Waals surface area contributed by atoms with Crippen LogP contribution in [0.15, 0.2) is 24.3 Å². The first-order valence-electron chi connectivity index (χ1n) is 7.77. The van der Waals surface area contributed by atoms with Crippen LogP contribution in [0.3, 0.4) is 0 Å². The lowest BCUT2D eigenvalue weighted by molar-refractivity contribution is -0.119. The fourth-order valence-electron chi connectivity index (χ4n) is 2.90. The maximum atomic E-state index is 12.3. The largest absolute Gasteiger partial charge is 0.372 e. The Kier molecular flexibility index (Phi) is 6.19. The zero-order chi connectivity index (χ0) is 16.7. The summed E-state index contributed by atoms with van der Waals surface area (Å²) >= 11 is 0. The first-order chi connectivity index (χ1) is 11.1. The van der Waals surface area contributed by atoms with Crippen LogP contribution in [0.5, 0.6) is 0 Å². The molecule has 2 rings (SSSR count). The minimum atomic E-state index is -0.310. The van der Waals surface area contributed by atoms with Crippen LogP contribution in [-0.4, -0.2) is 31.6 Å². The molecule has 1 fully saturated rings. The van der Waals surface area contributed by atoms with E-state index < -0.39 is 0 Å². The molecule has 0 spiro atoms. The summed E-state index contributed by atoms with van der Waals surface area (Å²) in [4.78, 5) is 23.4. The van der Waals surface area contributed by atoms with Gasteiger partial charge in [0.05, 0.1) is 0 Å². The van der Waals surface area contributed by atoms with Gasteiger partial charge < -0.3 is 15.8 Å². The molecule has 2 amide bonds. The van der Waals surface area contributed by atoms with E-state index in [0.29, 0.717) is 18.6 Å². The molecule has 2 atom stereocenters. The number of carbonyl (C=O) groups is 2. The van der Waals surface area contributed by atoms with Gasteiger partial charge in [0.1, 0.15) is 6.61 Å². The van der Waals surface area contributed by atoms with Crippen molar-refractivity contribution in [2.45, 2.75) is 31.7 Å². The molecule has 1 aromatic rings. The lowest BCUT2D eigenvalue weighted by Gasteiger charge is -2.19. The smallest absolute Gasteiger partial charge is 0.251 e. The maximum absolute atomic E-state index is 12.3. The lowest BCUT2D eigenvalue weighted by Crippen LogP contribution is -2.38. The van der Waals surface area contributed by atoms with Crippen LogP contribution < -0.4 is 11.1 Å². The number of hydrogen-bond acceptors (Lipinski definition) is 3. The number of primary amides is 1. The molecule has 1 aliphatic rings. The molecule has 1 aliphatic carbocycles. The van der Waals surface area contributed by atoms with Crippen molar-refractivity contribution >= 4 is 11.8 Å². The topological polar surface area (TPSA) is 81.4 Å². The molecule has 1 saturated carbocycles. The number of benzene rings is 1. The molecular formula is C18H22N2O3. The van der Waals surface area contributed by atoms with Crippen molar-refractivity contribution in [2.24, 2.45) is 11.7 Å². The maximum Gasteiger partial charge on any atom is 0.251 e. The number of hydrogen-bond donors (Lipinski definition) is 2. The van der Waals surface area contributed by atoms with Gasteiger partial charge in [-0.2, -0.15) is 0 Å². The van der Waals surface area contributed by atoms with Crippen LogP contribution in [0.1, 0.15) is 41.6 Å². The molecule has 3 N–H and O–H groups in total. The molecule has 0 aromatic heterocycles. The number of rotatable bonds is 5. The molecule has 122 valence electrons. The molecule has 0 saturated heterocycles. The summed E-state index contributed by atoms with van der Waals surface area (Å²) in [6, 6.07) is 7.16. The Morgan fingerprint density at radius 3 is 2.70 bits per heavy atom. The second kappa shape index (κ2) is 8.35. The molecule has 5 heteroatoms. The average Bonchev–Trinajstić information content (AvgIpc) is 2.94. The molecule has 0 heterocycles. The van der Waals surface area contributed by atoms with Gasteiger partial charge in [0, 0.05) is 30.7 Å². The lowest BCUT2D eigenvalue weighted by atomic mass is 9.99. The zero-order valence-corrected chi connectivity index (χ0v) is 13.3. The van der Waals surface area contributed by atoms with Crippen molar-refractivity contribution in [2.75, 3.05) is 13.7 Å². The molecule has 0 radical (unpaired) electrons. The Bertz CT molecular complexity index is 613. The molecular weight excluding hydrogens is 292 g/mol. The quantitative estimate of drug-likeness (QED) is 0.807. The average molecular weight is 314 g/mol. The minimum Gasteiger partial charge on any atom is -0.372 e. The van der Waals surface area contributed by atoms with Crippen LogP contribution in [0.2, 0.25) is 0 Å². The fraction of sp³-hybridized carbons (Fsp3) is 0.444. The molecule has 5 nitrogen and oxygen atoms in total. The van der Waals surface area contributed by atoms with Crippen LogP contribution >= 0.6 is 0 Å². The summed E-state index contributed by atoms with van der Waals surface area (Å²) < 4.78 is 4.87. The summed E-state index contributed by atoms with van der Waals surface area (Å²) in [6.45, 7) is 0.380. The van der Waals surface area contributed by atoms with Gasteiger partial charge in [-0.1, -0.05) is 18.3 Å². The van der Waals surface area contributed by atoms with Gasteiger partial charge in [-0.3, -0.25) is 9.59 Å². The Morgan fingerprint density at radius 1 is 1.30 bits per heavy atom. The SMILES string of the molecule is COCC#Cc1ccc(C(=O)N[C@@H]2CCC[C@@H]2CC(N)=O)cc1. The van der Waals surface area contributed by atoms with Crippen molar-refractivity contribution in [3.8, 4) is 11.8 Å². The fourth-order valence-corrected chi connectivity index (χ4v) is 2.90. The summed E-state index contributed by atoms with van der Waals surface area (Å²) in [6.07, 6.45) is 3.17. The number of nitrogens with one attached hydrogen (secondary N) is 1. The van der Waals surface area contributed by atoms with Crippen molar-refractivity contribution in [3.63, 3.8) is 0 Å². The third-order valence-corrected chi connectivity index (χ3v) is 4.04. The van der Waals surface area contributed by atoms with E-state index in [4.69, 9.17) is 10.5 Å². The Balaban J connectivity index is 1.95. The van der Waals surface area contributed by atoms with E-state index in [1.54, 1.807) is 19.2 Å². The summed E-state index contributed by atoms with van der Waals surface area (Å²) in [5.74, 6) is 5.54. The van der Waals surface area contributed by atoms with Crippen LogP contribution in [-0.2, 0) is 9.53 Å². The van der Waals surface area contributed by atoms with E-state index >= 15 is 0 Å². The summed E-state index contributed by atoms with van der Waals surface area (Å²) in [7, 11) is 1.59. The first-order valence-corrected chi connectivity index (χ1v) is 7.77. The minimum absolute atomic E-state index is 0.0242. The highest BCUT2D eigenvalue weighted by Gasteiger charge is 2.29. The van der Waals surface area contributed by atoms with Crippen molar-refractivity contribution in [1.82, 2.24) is 5.32 Å². The van der Waals surface area contributed by atoms with E-state index in [1.807, 2.05) is 12.1 Å². The van der Waals surface area contributed by atoms with Crippen LogP contribution in [0, 0.1) is 17.8 Å². The Morgan fingerprint density at radius 2 is 2.04 bits per heavy atom. The highest BCUT2D eigenvalue weighted by molar-refractivity contribution is 5.94. The molecule has 0 unspecified atom stereocenters. The monoisotopic (exact) mass is 314 g/mol. The van der Waals surface area contributed by atoms with Gasteiger partial charge in [-0.25, -0.2) is 0 Å². The Hall–Kier alpha value is -2.32. The van der Waals surface area contributed by atoms with Gasteiger partial charge in [0.15, 0.2) is 0 Å². The Labute approximate surface area is 136 Å². The number of ether oxygens (including phenoxy) is 1. The van der Waals surface area contributed by atoms with Gasteiger partial charge >= 0.3 is 0 Å². The highest BCUT2D eigenvalue weighted by atomic mass is 16.5. The first kappa shape index (κ1) is 17.0. The van der Waals surface area contributed by atoms with Gasteiger partial charge in [0.25, 0.3) is 5.91 Å². The summed E-state index contributed by atoms with van der Waals surface area (Å²) in [5.41, 5.74) is 6.70. The van der Waals surface area contributed by atoms with Gasteiger partial charge in [0.2, 0.25) is 5.91 Å². The highest BCUT2D eigenvalue weighted by Crippen LogP contribution is 2.28. The second-order valence-electron chi connectivity index (χ2n) is 5.75. The number of nitrogens with two attached hydrogens (primary N) is 1. The van der Waals surface area contributed by atoms with Gasteiger partial charge in [-0.15, -0.1) is 0 Å². The second-order valence-corrected chi connectivity index (χ2v) is 5.75. The van der Waals surface area contributed by atoms with Crippen molar-refractivity contribution in [1.29, 1.82) is 0 Å². The normalized spacial score (nSPS) is 19.7. The van der Waals surface area contributed by atoms with Crippen LogP contribution in [0.4, 0.5) is 0 Å². The number of amides is 2.